The number of hydrogen-bond acceptors (Lipinski definition) is 3. The molecular formula is C15H28N2O4. The highest BCUT2D eigenvalue weighted by molar-refractivity contribution is 5.90. The first-order valence-corrected chi connectivity index (χ1v) is 7.22. The lowest BCUT2D eigenvalue weighted by Crippen LogP contribution is -2.54. The van der Waals surface area contributed by atoms with Gasteiger partial charge < -0.3 is 15.7 Å². The minimum Gasteiger partial charge on any atom is -0.481 e. The molecule has 0 saturated carbocycles. The number of carboxylic acid groups (broad SMARTS) is 1. The summed E-state index contributed by atoms with van der Waals surface area (Å²) in [7, 11) is 1.51. The van der Waals surface area contributed by atoms with Crippen molar-refractivity contribution in [3.05, 3.63) is 0 Å². The molecule has 0 heterocycles. The normalized spacial score (nSPS) is 14.4. The van der Waals surface area contributed by atoms with Gasteiger partial charge in [-0.1, -0.05) is 34.6 Å². The van der Waals surface area contributed by atoms with E-state index in [2.05, 4.69) is 10.6 Å². The summed E-state index contributed by atoms with van der Waals surface area (Å²) in [5.74, 6) is -2.10. The molecule has 0 aliphatic rings. The van der Waals surface area contributed by atoms with Crippen LogP contribution < -0.4 is 10.6 Å². The average Bonchev–Trinajstić information content (AvgIpc) is 2.31. The predicted molar refractivity (Wildman–Crippen MR) is 80.7 cm³/mol. The Morgan fingerprint density at radius 2 is 1.62 bits per heavy atom. The van der Waals surface area contributed by atoms with Crippen LogP contribution in [0.25, 0.3) is 0 Å². The topological polar surface area (TPSA) is 95.5 Å². The van der Waals surface area contributed by atoms with Crippen LogP contribution in [0, 0.1) is 17.3 Å². The smallest absolute Gasteiger partial charge is 0.304 e. The summed E-state index contributed by atoms with van der Waals surface area (Å²) in [6.45, 7) is 9.41. The van der Waals surface area contributed by atoms with Crippen molar-refractivity contribution in [2.24, 2.45) is 17.3 Å². The van der Waals surface area contributed by atoms with Gasteiger partial charge >= 0.3 is 5.97 Å². The molecule has 2 unspecified atom stereocenters. The monoisotopic (exact) mass is 300 g/mol. The van der Waals surface area contributed by atoms with Crippen LogP contribution in [0.1, 0.15) is 47.5 Å². The molecule has 3 N–H and O–H groups in total. The molecule has 0 rings (SSSR count). The van der Waals surface area contributed by atoms with E-state index in [1.54, 1.807) is 0 Å². The number of rotatable bonds is 7. The second-order valence-electron chi connectivity index (χ2n) is 6.85. The van der Waals surface area contributed by atoms with E-state index in [0.29, 0.717) is 6.42 Å². The van der Waals surface area contributed by atoms with Crippen molar-refractivity contribution in [1.29, 1.82) is 0 Å². The fourth-order valence-electron chi connectivity index (χ4n) is 2.14. The summed E-state index contributed by atoms with van der Waals surface area (Å²) in [6, 6.07) is -0.696. The van der Waals surface area contributed by atoms with Gasteiger partial charge in [0.2, 0.25) is 11.8 Å². The summed E-state index contributed by atoms with van der Waals surface area (Å²) in [5.41, 5.74) is -0.457. The molecule has 6 heteroatoms. The fraction of sp³-hybridized carbons (Fsp3) is 0.800. The fourth-order valence-corrected chi connectivity index (χ4v) is 2.14. The number of aliphatic carboxylic acids is 1. The minimum absolute atomic E-state index is 0.202. The number of likely N-dealkylation sites (N-methyl/N-ethyl adjacent to an activating group) is 1. The van der Waals surface area contributed by atoms with Crippen molar-refractivity contribution >= 4 is 17.8 Å². The van der Waals surface area contributed by atoms with E-state index in [1.807, 2.05) is 34.6 Å². The van der Waals surface area contributed by atoms with E-state index >= 15 is 0 Å². The van der Waals surface area contributed by atoms with Crippen molar-refractivity contribution in [3.63, 3.8) is 0 Å². The zero-order chi connectivity index (χ0) is 16.8. The second kappa shape index (κ2) is 8.00. The van der Waals surface area contributed by atoms with Crippen LogP contribution in [0.2, 0.25) is 0 Å². The molecule has 2 amide bonds. The number of hydrogen-bond donors (Lipinski definition) is 3. The van der Waals surface area contributed by atoms with Crippen LogP contribution in [-0.4, -0.2) is 36.0 Å². The third kappa shape index (κ3) is 7.11. The molecule has 6 nitrogen and oxygen atoms in total. The summed E-state index contributed by atoms with van der Waals surface area (Å²) in [4.78, 5) is 35.2. The summed E-state index contributed by atoms with van der Waals surface area (Å²) in [6.07, 6.45) is 0.247. The highest BCUT2D eigenvalue weighted by Crippen LogP contribution is 2.22. The maximum atomic E-state index is 12.3. The number of carbonyl (C=O) groups is 3. The molecule has 2 atom stereocenters. The standard InChI is InChI=1S/C15H28N2O4/c1-9(2)7-10(8-11(18)19)13(20)17-12(14(21)16-6)15(3,4)5/h9-10,12H,7-8H2,1-6H3,(H,16,21)(H,17,20)(H,18,19). The van der Waals surface area contributed by atoms with Crippen molar-refractivity contribution in [2.75, 3.05) is 7.05 Å². The summed E-state index contributed by atoms with van der Waals surface area (Å²) < 4.78 is 0. The van der Waals surface area contributed by atoms with Crippen LogP contribution in [0.4, 0.5) is 0 Å². The highest BCUT2D eigenvalue weighted by atomic mass is 16.4. The highest BCUT2D eigenvalue weighted by Gasteiger charge is 2.34. The Balaban J connectivity index is 5.06. The lowest BCUT2D eigenvalue weighted by molar-refractivity contribution is -0.142. The summed E-state index contributed by atoms with van der Waals surface area (Å²) in [5, 5.41) is 14.2. The van der Waals surface area contributed by atoms with E-state index in [-0.39, 0.29) is 24.2 Å². The van der Waals surface area contributed by atoms with E-state index in [0.717, 1.165) is 0 Å². The Labute approximate surface area is 126 Å². The van der Waals surface area contributed by atoms with Crippen molar-refractivity contribution in [2.45, 2.75) is 53.5 Å². The molecular weight excluding hydrogens is 272 g/mol. The van der Waals surface area contributed by atoms with Gasteiger partial charge in [-0.25, -0.2) is 0 Å². The Bertz CT molecular complexity index is 386. The van der Waals surface area contributed by atoms with E-state index in [4.69, 9.17) is 5.11 Å². The van der Waals surface area contributed by atoms with Crippen molar-refractivity contribution < 1.29 is 19.5 Å². The SMILES string of the molecule is CNC(=O)C(NC(=O)C(CC(=O)O)CC(C)C)C(C)(C)C. The lowest BCUT2D eigenvalue weighted by Gasteiger charge is -2.31. The zero-order valence-corrected chi connectivity index (χ0v) is 13.8. The van der Waals surface area contributed by atoms with Gasteiger partial charge in [-0.05, 0) is 17.8 Å². The first-order valence-electron chi connectivity index (χ1n) is 7.22. The van der Waals surface area contributed by atoms with E-state index in [9.17, 15) is 14.4 Å². The molecule has 0 bridgehead atoms. The molecule has 0 aliphatic heterocycles. The van der Waals surface area contributed by atoms with Gasteiger partial charge in [-0.15, -0.1) is 0 Å². The van der Waals surface area contributed by atoms with Crippen molar-refractivity contribution in [1.82, 2.24) is 10.6 Å². The van der Waals surface area contributed by atoms with Gasteiger partial charge in [-0.2, -0.15) is 0 Å². The van der Waals surface area contributed by atoms with Gasteiger partial charge in [-0.3, -0.25) is 14.4 Å². The van der Waals surface area contributed by atoms with E-state index in [1.165, 1.54) is 7.05 Å². The van der Waals surface area contributed by atoms with Gasteiger partial charge in [0.05, 0.1) is 6.42 Å². The quantitative estimate of drug-likeness (QED) is 0.662. The predicted octanol–water partition coefficient (Wildman–Crippen LogP) is 1.40. The average molecular weight is 300 g/mol. The Morgan fingerprint density at radius 1 is 1.10 bits per heavy atom. The van der Waals surface area contributed by atoms with Crippen LogP contribution in [0.5, 0.6) is 0 Å². The lowest BCUT2D eigenvalue weighted by atomic mass is 9.85. The van der Waals surface area contributed by atoms with Gasteiger partial charge in [0, 0.05) is 13.0 Å². The first kappa shape index (κ1) is 19.4. The Hall–Kier alpha value is -1.59. The van der Waals surface area contributed by atoms with Gasteiger partial charge in [0.1, 0.15) is 6.04 Å². The first-order chi connectivity index (χ1) is 9.48. The molecule has 0 spiro atoms. The zero-order valence-electron chi connectivity index (χ0n) is 13.8. The number of nitrogens with one attached hydrogen (secondary N) is 2. The van der Waals surface area contributed by atoms with Crippen LogP contribution >= 0.6 is 0 Å². The van der Waals surface area contributed by atoms with Gasteiger partial charge in [0.15, 0.2) is 0 Å². The Morgan fingerprint density at radius 3 is 1.95 bits per heavy atom. The molecule has 0 aromatic carbocycles. The van der Waals surface area contributed by atoms with Crippen LogP contribution in [0.3, 0.4) is 0 Å². The molecule has 0 aromatic heterocycles. The van der Waals surface area contributed by atoms with Crippen LogP contribution in [-0.2, 0) is 14.4 Å². The maximum Gasteiger partial charge on any atom is 0.304 e. The number of carbonyl (C=O) groups excluding carboxylic acids is 2. The third-order valence-corrected chi connectivity index (χ3v) is 3.21. The molecule has 0 radical (unpaired) electrons. The molecule has 122 valence electrons. The molecule has 0 saturated heterocycles. The van der Waals surface area contributed by atoms with Gasteiger partial charge in [0.25, 0.3) is 0 Å². The minimum atomic E-state index is -1.01. The molecule has 21 heavy (non-hydrogen) atoms. The van der Waals surface area contributed by atoms with Crippen molar-refractivity contribution in [3.8, 4) is 0 Å². The molecule has 0 aliphatic carbocycles. The molecule has 0 fully saturated rings. The van der Waals surface area contributed by atoms with E-state index < -0.39 is 23.3 Å². The maximum absolute atomic E-state index is 12.3. The summed E-state index contributed by atoms with van der Waals surface area (Å²) >= 11 is 0. The molecule has 0 aromatic rings. The van der Waals surface area contributed by atoms with Crippen LogP contribution in [0.15, 0.2) is 0 Å². The third-order valence-electron chi connectivity index (χ3n) is 3.21. The second-order valence-corrected chi connectivity index (χ2v) is 6.85. The number of amides is 2. The number of carboxylic acids is 1. The Kier molecular flexibility index (Phi) is 7.39. The largest absolute Gasteiger partial charge is 0.481 e.